The normalized spacial score (nSPS) is 22.0. The van der Waals surface area contributed by atoms with Gasteiger partial charge in [0.2, 0.25) is 0 Å². The summed E-state index contributed by atoms with van der Waals surface area (Å²) in [7, 11) is 2.00. The standard InChI is InChI=1S/C16H23N3OS/c1-11-15(12(2)19(3)18-11)16-14(7-9-20-16)17-8-6-13-5-4-10-21-13/h4-5,10,14,16-17H,6-9H2,1-3H3/t14-,16-/m0/s1. The molecule has 0 spiro atoms. The molecule has 21 heavy (non-hydrogen) atoms. The Balaban J connectivity index is 1.65. The molecule has 5 heteroatoms. The Morgan fingerprint density at radius 3 is 3.00 bits per heavy atom. The number of hydrogen-bond acceptors (Lipinski definition) is 4. The van der Waals surface area contributed by atoms with Crippen LogP contribution in [-0.4, -0.2) is 29.0 Å². The molecule has 0 amide bonds. The van der Waals surface area contributed by atoms with Gasteiger partial charge in [-0.2, -0.15) is 5.10 Å². The highest BCUT2D eigenvalue weighted by molar-refractivity contribution is 7.09. The van der Waals surface area contributed by atoms with Gasteiger partial charge in [0.25, 0.3) is 0 Å². The molecule has 2 aromatic heterocycles. The van der Waals surface area contributed by atoms with E-state index in [0.717, 1.165) is 31.7 Å². The minimum absolute atomic E-state index is 0.141. The van der Waals surface area contributed by atoms with Crippen LogP contribution in [0.5, 0.6) is 0 Å². The highest BCUT2D eigenvalue weighted by atomic mass is 32.1. The zero-order chi connectivity index (χ0) is 14.8. The van der Waals surface area contributed by atoms with E-state index >= 15 is 0 Å². The lowest BCUT2D eigenvalue weighted by Crippen LogP contribution is -2.33. The van der Waals surface area contributed by atoms with Crippen LogP contribution < -0.4 is 5.32 Å². The molecule has 0 aromatic carbocycles. The lowest BCUT2D eigenvalue weighted by Gasteiger charge is -2.20. The van der Waals surface area contributed by atoms with Crippen molar-refractivity contribution in [2.45, 2.75) is 38.8 Å². The molecule has 0 saturated carbocycles. The maximum Gasteiger partial charge on any atom is 0.101 e. The van der Waals surface area contributed by atoms with Crippen LogP contribution >= 0.6 is 11.3 Å². The van der Waals surface area contributed by atoms with E-state index in [1.54, 1.807) is 0 Å². The van der Waals surface area contributed by atoms with Crippen molar-refractivity contribution in [2.24, 2.45) is 7.05 Å². The van der Waals surface area contributed by atoms with Crippen molar-refractivity contribution in [1.82, 2.24) is 15.1 Å². The molecule has 4 nitrogen and oxygen atoms in total. The first-order valence-corrected chi connectivity index (χ1v) is 8.42. The Hall–Kier alpha value is -1.17. The smallest absolute Gasteiger partial charge is 0.101 e. The van der Waals surface area contributed by atoms with Crippen LogP contribution in [0, 0.1) is 13.8 Å². The van der Waals surface area contributed by atoms with Gasteiger partial charge in [-0.05, 0) is 38.1 Å². The summed E-state index contributed by atoms with van der Waals surface area (Å²) < 4.78 is 7.95. The summed E-state index contributed by atoms with van der Waals surface area (Å²) in [5.74, 6) is 0. The zero-order valence-electron chi connectivity index (χ0n) is 12.9. The van der Waals surface area contributed by atoms with Crippen molar-refractivity contribution in [1.29, 1.82) is 0 Å². The molecule has 3 rings (SSSR count). The van der Waals surface area contributed by atoms with Crippen LogP contribution in [-0.2, 0) is 18.2 Å². The summed E-state index contributed by atoms with van der Waals surface area (Å²) in [5, 5.41) is 10.3. The van der Waals surface area contributed by atoms with Crippen LogP contribution in [0.1, 0.15) is 34.4 Å². The fourth-order valence-corrected chi connectivity index (χ4v) is 3.83. The third-order valence-corrected chi connectivity index (χ3v) is 5.24. The fourth-order valence-electron chi connectivity index (χ4n) is 3.12. The lowest BCUT2D eigenvalue weighted by molar-refractivity contribution is 0.0978. The van der Waals surface area contributed by atoms with Crippen LogP contribution in [0.15, 0.2) is 17.5 Å². The van der Waals surface area contributed by atoms with Crippen LogP contribution in [0.25, 0.3) is 0 Å². The third-order valence-electron chi connectivity index (χ3n) is 4.30. The highest BCUT2D eigenvalue weighted by Crippen LogP contribution is 2.33. The van der Waals surface area contributed by atoms with E-state index < -0.39 is 0 Å². The minimum Gasteiger partial charge on any atom is -0.372 e. The van der Waals surface area contributed by atoms with Gasteiger partial charge in [0.05, 0.1) is 5.69 Å². The molecule has 1 N–H and O–H groups in total. The minimum atomic E-state index is 0.141. The van der Waals surface area contributed by atoms with Crippen molar-refractivity contribution in [3.63, 3.8) is 0 Å². The molecule has 1 aliphatic rings. The number of hydrogen-bond donors (Lipinski definition) is 1. The average molecular weight is 305 g/mol. The molecular formula is C16H23N3OS. The van der Waals surface area contributed by atoms with Crippen LogP contribution in [0.3, 0.4) is 0 Å². The topological polar surface area (TPSA) is 39.1 Å². The Labute approximate surface area is 130 Å². The second kappa shape index (κ2) is 6.30. The zero-order valence-corrected chi connectivity index (χ0v) is 13.7. The number of nitrogens with zero attached hydrogens (tertiary/aromatic N) is 2. The van der Waals surface area contributed by atoms with Gasteiger partial charge in [0.15, 0.2) is 0 Å². The van der Waals surface area contributed by atoms with Crippen molar-refractivity contribution in [2.75, 3.05) is 13.2 Å². The van der Waals surface area contributed by atoms with Crippen LogP contribution in [0.2, 0.25) is 0 Å². The Kier molecular flexibility index (Phi) is 4.42. The Morgan fingerprint density at radius 2 is 2.33 bits per heavy atom. The van der Waals surface area contributed by atoms with E-state index in [1.165, 1.54) is 16.1 Å². The van der Waals surface area contributed by atoms with Gasteiger partial charge in [-0.1, -0.05) is 6.07 Å². The maximum absolute atomic E-state index is 6.00. The first-order chi connectivity index (χ1) is 10.2. The number of rotatable bonds is 5. The molecule has 1 aliphatic heterocycles. The lowest BCUT2D eigenvalue weighted by atomic mass is 10.0. The Bertz CT molecular complexity index is 591. The number of aryl methyl sites for hydroxylation is 2. The molecular weight excluding hydrogens is 282 g/mol. The highest BCUT2D eigenvalue weighted by Gasteiger charge is 2.33. The van der Waals surface area contributed by atoms with Crippen molar-refractivity contribution in [3.05, 3.63) is 39.3 Å². The molecule has 1 saturated heterocycles. The summed E-state index contributed by atoms with van der Waals surface area (Å²) in [5.41, 5.74) is 3.57. The third kappa shape index (κ3) is 3.05. The second-order valence-corrected chi connectivity index (χ2v) is 6.71. The second-order valence-electron chi connectivity index (χ2n) is 5.68. The van der Waals surface area contributed by atoms with Crippen molar-refractivity contribution >= 4 is 11.3 Å². The molecule has 0 bridgehead atoms. The van der Waals surface area contributed by atoms with Gasteiger partial charge in [0, 0.05) is 42.4 Å². The maximum atomic E-state index is 6.00. The van der Waals surface area contributed by atoms with Crippen LogP contribution in [0.4, 0.5) is 0 Å². The van der Waals surface area contributed by atoms with E-state index in [2.05, 4.69) is 41.8 Å². The molecule has 2 aromatic rings. The molecule has 0 unspecified atom stereocenters. The molecule has 0 radical (unpaired) electrons. The average Bonchev–Trinajstić information content (AvgIpc) is 3.15. The molecule has 3 heterocycles. The van der Waals surface area contributed by atoms with E-state index in [0.29, 0.717) is 6.04 Å². The number of ether oxygens (including phenoxy) is 1. The predicted octanol–water partition coefficient (Wildman–Crippen LogP) is 2.76. The summed E-state index contributed by atoms with van der Waals surface area (Å²) in [4.78, 5) is 1.44. The molecule has 2 atom stereocenters. The van der Waals surface area contributed by atoms with E-state index in [9.17, 15) is 0 Å². The van der Waals surface area contributed by atoms with Crippen molar-refractivity contribution in [3.8, 4) is 0 Å². The molecule has 114 valence electrons. The quantitative estimate of drug-likeness (QED) is 0.923. The Morgan fingerprint density at radius 1 is 1.48 bits per heavy atom. The van der Waals surface area contributed by atoms with Gasteiger partial charge in [-0.15, -0.1) is 11.3 Å². The van der Waals surface area contributed by atoms with Gasteiger partial charge in [0.1, 0.15) is 6.10 Å². The largest absolute Gasteiger partial charge is 0.372 e. The van der Waals surface area contributed by atoms with Gasteiger partial charge in [-0.3, -0.25) is 4.68 Å². The summed E-state index contributed by atoms with van der Waals surface area (Å²) in [6.45, 7) is 6.03. The monoisotopic (exact) mass is 305 g/mol. The first-order valence-electron chi connectivity index (χ1n) is 7.54. The van der Waals surface area contributed by atoms with E-state index in [4.69, 9.17) is 4.74 Å². The number of thiophene rings is 1. The predicted molar refractivity (Wildman–Crippen MR) is 85.8 cm³/mol. The summed E-state index contributed by atoms with van der Waals surface area (Å²) in [6.07, 6.45) is 2.30. The number of nitrogens with one attached hydrogen (secondary N) is 1. The number of aromatic nitrogens is 2. The van der Waals surface area contributed by atoms with E-state index in [1.807, 2.05) is 23.1 Å². The van der Waals surface area contributed by atoms with Gasteiger partial charge >= 0.3 is 0 Å². The first kappa shape index (κ1) is 14.8. The fraction of sp³-hybridized carbons (Fsp3) is 0.562. The summed E-state index contributed by atoms with van der Waals surface area (Å²) >= 11 is 1.83. The SMILES string of the molecule is Cc1nn(C)c(C)c1[C@H]1OCC[C@@H]1NCCc1cccs1. The summed E-state index contributed by atoms with van der Waals surface area (Å²) in [6, 6.07) is 4.71. The van der Waals surface area contributed by atoms with Crippen molar-refractivity contribution < 1.29 is 4.74 Å². The van der Waals surface area contributed by atoms with Gasteiger partial charge < -0.3 is 10.1 Å². The van der Waals surface area contributed by atoms with Gasteiger partial charge in [-0.25, -0.2) is 0 Å². The van der Waals surface area contributed by atoms with E-state index in [-0.39, 0.29) is 6.10 Å². The molecule has 0 aliphatic carbocycles. The molecule has 1 fully saturated rings.